The highest BCUT2D eigenvalue weighted by atomic mass is 32.2. The van der Waals surface area contributed by atoms with E-state index in [0.29, 0.717) is 5.56 Å². The first-order chi connectivity index (χ1) is 11.4. The number of benzene rings is 1. The SMILES string of the molecule is CN(C)S(=O)(=O)c1ccc(COC(=O)c2ccc3c(c2)CCC3)o1. The van der Waals surface area contributed by atoms with Crippen LogP contribution >= 0.6 is 0 Å². The van der Waals surface area contributed by atoms with Crippen molar-refractivity contribution in [3.05, 3.63) is 52.8 Å². The summed E-state index contributed by atoms with van der Waals surface area (Å²) in [5, 5.41) is -0.170. The molecule has 24 heavy (non-hydrogen) atoms. The third-order valence-corrected chi connectivity index (χ3v) is 5.74. The summed E-state index contributed by atoms with van der Waals surface area (Å²) in [7, 11) is -0.783. The van der Waals surface area contributed by atoms with Gasteiger partial charge in [-0.05, 0) is 54.7 Å². The summed E-state index contributed by atoms with van der Waals surface area (Å²) in [6.07, 6.45) is 3.16. The smallest absolute Gasteiger partial charge is 0.338 e. The molecular formula is C17H19NO5S. The summed E-state index contributed by atoms with van der Waals surface area (Å²) >= 11 is 0. The van der Waals surface area contributed by atoms with Crippen molar-refractivity contribution in [2.45, 2.75) is 31.0 Å². The lowest BCUT2D eigenvalue weighted by Gasteiger charge is -2.08. The Morgan fingerprint density at radius 1 is 1.17 bits per heavy atom. The summed E-state index contributed by atoms with van der Waals surface area (Å²) in [6, 6.07) is 8.44. The van der Waals surface area contributed by atoms with E-state index in [-0.39, 0.29) is 17.5 Å². The van der Waals surface area contributed by atoms with Gasteiger partial charge in [-0.15, -0.1) is 0 Å². The topological polar surface area (TPSA) is 76.8 Å². The molecule has 2 aromatic rings. The van der Waals surface area contributed by atoms with E-state index in [9.17, 15) is 13.2 Å². The maximum Gasteiger partial charge on any atom is 0.338 e. The number of rotatable bonds is 5. The lowest BCUT2D eigenvalue weighted by molar-refractivity contribution is 0.0440. The number of fused-ring (bicyclic) bond motifs is 1. The van der Waals surface area contributed by atoms with Crippen LogP contribution in [0, 0.1) is 0 Å². The quantitative estimate of drug-likeness (QED) is 0.775. The van der Waals surface area contributed by atoms with E-state index < -0.39 is 16.0 Å². The standard InChI is InChI=1S/C17H19NO5S/c1-18(2)24(20,21)16-9-8-15(23-16)11-22-17(19)14-7-6-12-4-3-5-13(12)10-14/h6-10H,3-5,11H2,1-2H3. The Morgan fingerprint density at radius 3 is 2.67 bits per heavy atom. The van der Waals surface area contributed by atoms with Gasteiger partial charge in [-0.25, -0.2) is 17.5 Å². The molecule has 0 bridgehead atoms. The molecule has 0 N–H and O–H groups in total. The minimum atomic E-state index is -3.63. The number of ether oxygens (including phenoxy) is 1. The van der Waals surface area contributed by atoms with Gasteiger partial charge >= 0.3 is 5.97 Å². The fourth-order valence-electron chi connectivity index (χ4n) is 2.67. The lowest BCUT2D eigenvalue weighted by atomic mass is 10.1. The van der Waals surface area contributed by atoms with Gasteiger partial charge in [-0.2, -0.15) is 0 Å². The highest BCUT2D eigenvalue weighted by molar-refractivity contribution is 7.88. The van der Waals surface area contributed by atoms with Crippen molar-refractivity contribution in [3.63, 3.8) is 0 Å². The van der Waals surface area contributed by atoms with Crippen molar-refractivity contribution in [3.8, 4) is 0 Å². The number of aryl methyl sites for hydroxylation is 2. The van der Waals surface area contributed by atoms with Crippen molar-refractivity contribution < 1.29 is 22.4 Å². The molecule has 0 radical (unpaired) electrons. The molecular weight excluding hydrogens is 330 g/mol. The number of carbonyl (C=O) groups excluding carboxylic acids is 1. The van der Waals surface area contributed by atoms with Crippen LogP contribution in [0.15, 0.2) is 39.8 Å². The van der Waals surface area contributed by atoms with Crippen LogP contribution in [0.2, 0.25) is 0 Å². The van der Waals surface area contributed by atoms with E-state index >= 15 is 0 Å². The van der Waals surface area contributed by atoms with E-state index in [1.807, 2.05) is 12.1 Å². The van der Waals surface area contributed by atoms with Crippen molar-refractivity contribution in [1.29, 1.82) is 0 Å². The Hall–Kier alpha value is -2.12. The molecule has 0 aliphatic heterocycles. The summed E-state index contributed by atoms with van der Waals surface area (Å²) in [5.41, 5.74) is 2.99. The van der Waals surface area contributed by atoms with E-state index in [2.05, 4.69) is 0 Å². The second-order valence-electron chi connectivity index (χ2n) is 5.92. The Kier molecular flexibility index (Phi) is 4.47. The Morgan fingerprint density at radius 2 is 1.92 bits per heavy atom. The number of carbonyl (C=O) groups is 1. The number of sulfonamides is 1. The zero-order chi connectivity index (χ0) is 17.3. The van der Waals surface area contributed by atoms with Crippen LogP contribution in [0.3, 0.4) is 0 Å². The summed E-state index contributed by atoms with van der Waals surface area (Å²) in [5.74, 6) is -0.164. The zero-order valence-electron chi connectivity index (χ0n) is 13.6. The van der Waals surface area contributed by atoms with Gasteiger partial charge in [-0.3, -0.25) is 0 Å². The number of furan rings is 1. The van der Waals surface area contributed by atoms with Crippen molar-refractivity contribution in [1.82, 2.24) is 4.31 Å². The molecule has 3 rings (SSSR count). The van der Waals surface area contributed by atoms with Gasteiger partial charge in [0.1, 0.15) is 12.4 Å². The van der Waals surface area contributed by atoms with Crippen LogP contribution in [-0.4, -0.2) is 32.8 Å². The van der Waals surface area contributed by atoms with Crippen molar-refractivity contribution in [2.75, 3.05) is 14.1 Å². The molecule has 0 atom stereocenters. The van der Waals surface area contributed by atoms with E-state index in [1.165, 1.54) is 37.4 Å². The second kappa shape index (κ2) is 6.41. The first-order valence-corrected chi connectivity index (χ1v) is 9.12. The average Bonchev–Trinajstić information content (AvgIpc) is 3.20. The third kappa shape index (κ3) is 3.22. The third-order valence-electron chi connectivity index (χ3n) is 4.05. The summed E-state index contributed by atoms with van der Waals surface area (Å²) < 4.78 is 35.4. The van der Waals surface area contributed by atoms with E-state index in [0.717, 1.165) is 23.6 Å². The molecule has 0 saturated carbocycles. The van der Waals surface area contributed by atoms with Gasteiger partial charge in [0, 0.05) is 14.1 Å². The lowest BCUT2D eigenvalue weighted by Crippen LogP contribution is -2.21. The molecule has 0 saturated heterocycles. The molecule has 6 nitrogen and oxygen atoms in total. The Balaban J connectivity index is 1.66. The Labute approximate surface area is 141 Å². The van der Waals surface area contributed by atoms with Crippen LogP contribution in [0.25, 0.3) is 0 Å². The minimum Gasteiger partial charge on any atom is -0.454 e. The van der Waals surface area contributed by atoms with Gasteiger partial charge in [-0.1, -0.05) is 6.07 Å². The highest BCUT2D eigenvalue weighted by Crippen LogP contribution is 2.23. The molecule has 1 aliphatic carbocycles. The normalized spacial score (nSPS) is 14.0. The number of nitrogens with zero attached hydrogens (tertiary/aromatic N) is 1. The first-order valence-electron chi connectivity index (χ1n) is 7.68. The van der Waals surface area contributed by atoms with E-state index in [4.69, 9.17) is 9.15 Å². The molecule has 0 unspecified atom stereocenters. The van der Waals surface area contributed by atoms with Crippen molar-refractivity contribution in [2.24, 2.45) is 0 Å². The van der Waals surface area contributed by atoms with Gasteiger partial charge in [0.05, 0.1) is 5.56 Å². The highest BCUT2D eigenvalue weighted by Gasteiger charge is 2.22. The zero-order valence-corrected chi connectivity index (χ0v) is 14.4. The monoisotopic (exact) mass is 349 g/mol. The second-order valence-corrected chi connectivity index (χ2v) is 8.00. The molecule has 7 heteroatoms. The molecule has 1 heterocycles. The van der Waals surface area contributed by atoms with Crippen LogP contribution in [0.4, 0.5) is 0 Å². The van der Waals surface area contributed by atoms with Gasteiger partial charge in [0.25, 0.3) is 10.0 Å². The van der Waals surface area contributed by atoms with Gasteiger partial charge < -0.3 is 9.15 Å². The predicted molar refractivity (Wildman–Crippen MR) is 87.2 cm³/mol. The maximum absolute atomic E-state index is 12.1. The molecule has 0 amide bonds. The maximum atomic E-state index is 12.1. The van der Waals surface area contributed by atoms with Crippen LogP contribution in [-0.2, 0) is 34.2 Å². The van der Waals surface area contributed by atoms with Crippen LogP contribution in [0.1, 0.15) is 33.7 Å². The summed E-state index contributed by atoms with van der Waals surface area (Å²) in [6.45, 7) is -0.112. The van der Waals surface area contributed by atoms with E-state index in [1.54, 1.807) is 6.07 Å². The van der Waals surface area contributed by atoms with Crippen LogP contribution < -0.4 is 0 Å². The number of hydrogen-bond donors (Lipinski definition) is 0. The number of esters is 1. The molecule has 0 spiro atoms. The number of hydrogen-bond acceptors (Lipinski definition) is 5. The molecule has 1 aromatic carbocycles. The minimum absolute atomic E-state index is 0.112. The molecule has 0 fully saturated rings. The molecule has 1 aliphatic rings. The van der Waals surface area contributed by atoms with Gasteiger partial charge in [0.15, 0.2) is 0 Å². The molecule has 1 aromatic heterocycles. The largest absolute Gasteiger partial charge is 0.454 e. The summed E-state index contributed by atoms with van der Waals surface area (Å²) in [4.78, 5) is 12.1. The average molecular weight is 349 g/mol. The fourth-order valence-corrected chi connectivity index (χ4v) is 3.49. The molecule has 128 valence electrons. The van der Waals surface area contributed by atoms with Gasteiger partial charge in [0.2, 0.25) is 5.09 Å². The van der Waals surface area contributed by atoms with Crippen molar-refractivity contribution >= 4 is 16.0 Å². The predicted octanol–water partition coefficient (Wildman–Crippen LogP) is 2.38. The first kappa shape index (κ1) is 16.7. The fraction of sp³-hybridized carbons (Fsp3) is 0.353. The van der Waals surface area contributed by atoms with Crippen LogP contribution in [0.5, 0.6) is 0 Å². The Bertz CT molecular complexity index is 867.